The molecule has 2 rings (SSSR count). The summed E-state index contributed by atoms with van der Waals surface area (Å²) in [5.41, 5.74) is 1.94. The Morgan fingerprint density at radius 1 is 1.40 bits per heavy atom. The highest BCUT2D eigenvalue weighted by molar-refractivity contribution is 8.14. The molecule has 0 fully saturated rings. The van der Waals surface area contributed by atoms with Crippen molar-refractivity contribution in [1.82, 2.24) is 4.57 Å². The number of methoxy groups -OCH3 is 1. The molecule has 20 heavy (non-hydrogen) atoms. The normalized spacial score (nSPS) is 11.6. The smallest absolute Gasteiger partial charge is 0.263 e. The molecule has 4 nitrogen and oxygen atoms in total. The SMILES string of the molecule is COc1cccc2c1c(S(=O)(=O)Cl)cn2CC=C(C)C. The van der Waals surface area contributed by atoms with Crippen LogP contribution >= 0.6 is 10.7 Å². The number of aromatic nitrogens is 1. The molecular weight excluding hydrogens is 298 g/mol. The maximum absolute atomic E-state index is 11.7. The number of hydrogen-bond donors (Lipinski definition) is 0. The molecule has 0 N–H and O–H groups in total. The summed E-state index contributed by atoms with van der Waals surface area (Å²) >= 11 is 0. The maximum Gasteiger partial charge on any atom is 0.263 e. The second kappa shape index (κ2) is 5.50. The van der Waals surface area contributed by atoms with Gasteiger partial charge in [0, 0.05) is 23.4 Å². The maximum atomic E-state index is 11.7. The fourth-order valence-corrected chi connectivity index (χ4v) is 3.12. The monoisotopic (exact) mass is 313 g/mol. The minimum absolute atomic E-state index is 0.0776. The van der Waals surface area contributed by atoms with E-state index in [-0.39, 0.29) is 4.90 Å². The molecule has 1 aromatic carbocycles. The van der Waals surface area contributed by atoms with Crippen LogP contribution in [0.3, 0.4) is 0 Å². The Balaban J connectivity index is 2.76. The highest BCUT2D eigenvalue weighted by atomic mass is 35.7. The quantitative estimate of drug-likeness (QED) is 0.640. The summed E-state index contributed by atoms with van der Waals surface area (Å²) in [5.74, 6) is 0.498. The molecule has 0 spiro atoms. The van der Waals surface area contributed by atoms with Gasteiger partial charge in [-0.25, -0.2) is 8.42 Å². The molecule has 1 aromatic heterocycles. The lowest BCUT2D eigenvalue weighted by atomic mass is 10.2. The van der Waals surface area contributed by atoms with Crippen molar-refractivity contribution in [3.63, 3.8) is 0 Å². The standard InChI is InChI=1S/C14H16ClNO3S/c1-10(2)7-8-16-9-13(20(15,17)18)14-11(16)5-4-6-12(14)19-3/h4-7,9H,8H2,1-3H3. The first-order chi connectivity index (χ1) is 9.34. The fraction of sp³-hybridized carbons (Fsp3) is 0.286. The van der Waals surface area contributed by atoms with Gasteiger partial charge < -0.3 is 9.30 Å². The molecule has 2 aromatic rings. The van der Waals surface area contributed by atoms with Gasteiger partial charge in [-0.2, -0.15) is 0 Å². The van der Waals surface area contributed by atoms with Crippen molar-refractivity contribution in [3.8, 4) is 5.75 Å². The lowest BCUT2D eigenvalue weighted by Gasteiger charge is -2.04. The molecule has 0 aliphatic heterocycles. The molecule has 1 heterocycles. The molecule has 0 radical (unpaired) electrons. The lowest BCUT2D eigenvalue weighted by Crippen LogP contribution is -1.93. The third-order valence-electron chi connectivity index (χ3n) is 3.01. The lowest BCUT2D eigenvalue weighted by molar-refractivity contribution is 0.419. The van der Waals surface area contributed by atoms with Crippen LogP contribution in [0, 0.1) is 0 Å². The summed E-state index contributed by atoms with van der Waals surface area (Å²) in [4.78, 5) is 0.0776. The van der Waals surface area contributed by atoms with Crippen molar-refractivity contribution in [2.24, 2.45) is 0 Å². The average Bonchev–Trinajstić information content (AvgIpc) is 2.75. The molecular formula is C14H16ClNO3S. The molecule has 0 bridgehead atoms. The zero-order chi connectivity index (χ0) is 14.9. The van der Waals surface area contributed by atoms with Crippen LogP contribution < -0.4 is 4.74 Å². The Bertz CT molecular complexity index is 771. The van der Waals surface area contributed by atoms with E-state index in [1.54, 1.807) is 12.3 Å². The number of halogens is 1. The van der Waals surface area contributed by atoms with Crippen LogP contribution in [0.4, 0.5) is 0 Å². The summed E-state index contributed by atoms with van der Waals surface area (Å²) in [6, 6.07) is 5.40. The van der Waals surface area contributed by atoms with E-state index in [1.807, 2.05) is 36.6 Å². The predicted molar refractivity (Wildman–Crippen MR) is 81.0 cm³/mol. The Hall–Kier alpha value is -1.46. The van der Waals surface area contributed by atoms with Gasteiger partial charge in [0.05, 0.1) is 18.0 Å². The van der Waals surface area contributed by atoms with Gasteiger partial charge in [0.25, 0.3) is 9.05 Å². The number of fused-ring (bicyclic) bond motifs is 1. The number of nitrogens with zero attached hydrogens (tertiary/aromatic N) is 1. The Kier molecular flexibility index (Phi) is 4.11. The third-order valence-corrected chi connectivity index (χ3v) is 4.35. The number of benzene rings is 1. The summed E-state index contributed by atoms with van der Waals surface area (Å²) in [6.45, 7) is 4.56. The zero-order valence-electron chi connectivity index (χ0n) is 11.6. The van der Waals surface area contributed by atoms with Gasteiger partial charge in [0.15, 0.2) is 0 Å². The Morgan fingerprint density at radius 3 is 2.65 bits per heavy atom. The van der Waals surface area contributed by atoms with E-state index in [0.717, 1.165) is 11.1 Å². The van der Waals surface area contributed by atoms with Gasteiger partial charge in [-0.1, -0.05) is 17.7 Å². The van der Waals surface area contributed by atoms with Crippen molar-refractivity contribution < 1.29 is 13.2 Å². The second-order valence-electron chi connectivity index (χ2n) is 4.72. The van der Waals surface area contributed by atoms with E-state index in [9.17, 15) is 8.42 Å². The second-order valence-corrected chi connectivity index (χ2v) is 7.25. The summed E-state index contributed by atoms with van der Waals surface area (Å²) in [6.07, 6.45) is 3.57. The average molecular weight is 314 g/mol. The van der Waals surface area contributed by atoms with Gasteiger partial charge in [-0.15, -0.1) is 0 Å². The Labute approximate surface area is 123 Å². The molecule has 0 amide bonds. The molecule has 6 heteroatoms. The first kappa shape index (κ1) is 14.9. The van der Waals surface area contributed by atoms with Crippen molar-refractivity contribution in [1.29, 1.82) is 0 Å². The summed E-state index contributed by atoms with van der Waals surface area (Å²) < 4.78 is 30.6. The third kappa shape index (κ3) is 2.83. The van der Waals surface area contributed by atoms with Crippen LogP contribution in [0.1, 0.15) is 13.8 Å². The summed E-state index contributed by atoms with van der Waals surface area (Å²) in [7, 11) is 3.21. The van der Waals surface area contributed by atoms with Gasteiger partial charge in [0.1, 0.15) is 10.6 Å². The molecule has 0 aliphatic rings. The molecule has 0 saturated heterocycles. The topological polar surface area (TPSA) is 48.3 Å². The van der Waals surface area contributed by atoms with Gasteiger partial charge >= 0.3 is 0 Å². The highest BCUT2D eigenvalue weighted by Gasteiger charge is 2.21. The molecule has 0 saturated carbocycles. The van der Waals surface area contributed by atoms with Crippen LogP contribution in [0.5, 0.6) is 5.75 Å². The highest BCUT2D eigenvalue weighted by Crippen LogP contribution is 2.35. The number of allylic oxidation sites excluding steroid dienone is 2. The van der Waals surface area contributed by atoms with Crippen molar-refractivity contribution in [2.75, 3.05) is 7.11 Å². The van der Waals surface area contributed by atoms with E-state index >= 15 is 0 Å². The van der Waals surface area contributed by atoms with Crippen molar-refractivity contribution in [3.05, 3.63) is 36.0 Å². The first-order valence-corrected chi connectivity index (χ1v) is 8.39. The molecule has 0 atom stereocenters. The minimum atomic E-state index is -3.83. The number of ether oxygens (including phenoxy) is 1. The van der Waals surface area contributed by atoms with Gasteiger partial charge in [-0.3, -0.25) is 0 Å². The predicted octanol–water partition coefficient (Wildman–Crippen LogP) is 3.54. The number of hydrogen-bond acceptors (Lipinski definition) is 3. The largest absolute Gasteiger partial charge is 0.496 e. The van der Waals surface area contributed by atoms with E-state index in [0.29, 0.717) is 17.7 Å². The zero-order valence-corrected chi connectivity index (χ0v) is 13.1. The van der Waals surface area contributed by atoms with Crippen LogP contribution in [0.15, 0.2) is 40.9 Å². The van der Waals surface area contributed by atoms with Crippen LogP contribution in [0.2, 0.25) is 0 Å². The number of rotatable bonds is 4. The molecule has 0 aliphatic carbocycles. The van der Waals surface area contributed by atoms with Crippen molar-refractivity contribution >= 4 is 30.6 Å². The minimum Gasteiger partial charge on any atom is -0.496 e. The van der Waals surface area contributed by atoms with Crippen molar-refractivity contribution in [2.45, 2.75) is 25.3 Å². The molecule has 108 valence electrons. The fourth-order valence-electron chi connectivity index (χ4n) is 2.07. The van der Waals surface area contributed by atoms with Gasteiger partial charge in [-0.05, 0) is 26.0 Å². The summed E-state index contributed by atoms with van der Waals surface area (Å²) in [5, 5.41) is 0.521. The van der Waals surface area contributed by atoms with Crippen LogP contribution in [-0.4, -0.2) is 20.1 Å². The van der Waals surface area contributed by atoms with E-state index in [2.05, 4.69) is 0 Å². The molecule has 0 unspecified atom stereocenters. The first-order valence-electron chi connectivity index (χ1n) is 6.08. The Morgan fingerprint density at radius 2 is 2.10 bits per heavy atom. The van der Waals surface area contributed by atoms with E-state index in [4.69, 9.17) is 15.4 Å². The van der Waals surface area contributed by atoms with E-state index < -0.39 is 9.05 Å². The van der Waals surface area contributed by atoms with E-state index in [1.165, 1.54) is 7.11 Å². The van der Waals surface area contributed by atoms with Crippen LogP contribution in [0.25, 0.3) is 10.9 Å². The van der Waals surface area contributed by atoms with Gasteiger partial charge in [0.2, 0.25) is 0 Å². The van der Waals surface area contributed by atoms with Crippen LogP contribution in [-0.2, 0) is 15.6 Å².